The maximum Gasteiger partial charge on any atom is 0.312 e. The van der Waals surface area contributed by atoms with Gasteiger partial charge in [0, 0.05) is 6.20 Å². The molecular weight excluding hydrogens is 211 g/mol. The Labute approximate surface area is 90.5 Å². The van der Waals surface area contributed by atoms with E-state index in [2.05, 4.69) is 10.1 Å². The van der Waals surface area contributed by atoms with Gasteiger partial charge in [-0.2, -0.15) is 5.10 Å². The van der Waals surface area contributed by atoms with E-state index < -0.39 is 12.2 Å². The van der Waals surface area contributed by atoms with Crippen molar-refractivity contribution >= 4 is 12.1 Å². The summed E-state index contributed by atoms with van der Waals surface area (Å²) >= 11 is 0. The summed E-state index contributed by atoms with van der Waals surface area (Å²) in [5.74, 6) is 0. The molecule has 1 saturated heterocycles. The summed E-state index contributed by atoms with van der Waals surface area (Å²) in [4.78, 5) is 15.8. The SMILES string of the molecule is O=[C]N1CC(F)C1c1ccc2ncnn2c1. The Hall–Kier alpha value is -1.98. The van der Waals surface area contributed by atoms with Crippen LogP contribution in [0.15, 0.2) is 24.7 Å². The number of carbonyl (C=O) groups excluding carboxylic acids is 1. The van der Waals surface area contributed by atoms with Crippen LogP contribution in [0.3, 0.4) is 0 Å². The minimum absolute atomic E-state index is 0.115. The van der Waals surface area contributed by atoms with Gasteiger partial charge in [-0.1, -0.05) is 6.07 Å². The van der Waals surface area contributed by atoms with Crippen molar-refractivity contribution in [3.05, 3.63) is 30.2 Å². The predicted molar refractivity (Wildman–Crippen MR) is 53.0 cm³/mol. The lowest BCUT2D eigenvalue weighted by atomic mass is 9.95. The number of rotatable bonds is 2. The van der Waals surface area contributed by atoms with Crippen molar-refractivity contribution < 1.29 is 9.18 Å². The van der Waals surface area contributed by atoms with Crippen molar-refractivity contribution in [1.82, 2.24) is 19.5 Å². The molecule has 81 valence electrons. The number of alkyl halides is 1. The van der Waals surface area contributed by atoms with E-state index in [0.29, 0.717) is 11.2 Å². The third kappa shape index (κ3) is 1.19. The van der Waals surface area contributed by atoms with Gasteiger partial charge in [-0.25, -0.2) is 13.9 Å². The van der Waals surface area contributed by atoms with Gasteiger partial charge in [0.25, 0.3) is 0 Å². The summed E-state index contributed by atoms with van der Waals surface area (Å²) < 4.78 is 14.9. The van der Waals surface area contributed by atoms with Crippen molar-refractivity contribution in [3.63, 3.8) is 0 Å². The molecule has 1 aliphatic rings. The molecule has 1 radical (unpaired) electrons. The smallest absolute Gasteiger partial charge is 0.312 e. The van der Waals surface area contributed by atoms with Gasteiger partial charge in [-0.3, -0.25) is 4.79 Å². The zero-order valence-corrected chi connectivity index (χ0v) is 8.25. The quantitative estimate of drug-likeness (QED) is 0.738. The summed E-state index contributed by atoms with van der Waals surface area (Å²) in [7, 11) is 0. The average molecular weight is 219 g/mol. The largest absolute Gasteiger partial charge is 0.321 e. The molecule has 0 aliphatic carbocycles. The van der Waals surface area contributed by atoms with E-state index >= 15 is 0 Å². The molecule has 5 nitrogen and oxygen atoms in total. The van der Waals surface area contributed by atoms with Crippen molar-refractivity contribution in [2.75, 3.05) is 6.54 Å². The molecule has 1 amide bonds. The Balaban J connectivity index is 2.01. The lowest BCUT2D eigenvalue weighted by Crippen LogP contribution is -2.50. The summed E-state index contributed by atoms with van der Waals surface area (Å²) in [5, 5.41) is 3.96. The number of aromatic nitrogens is 3. The van der Waals surface area contributed by atoms with Crippen LogP contribution in [-0.2, 0) is 4.79 Å². The topological polar surface area (TPSA) is 50.5 Å². The third-order valence-corrected chi connectivity index (χ3v) is 2.81. The van der Waals surface area contributed by atoms with E-state index in [4.69, 9.17) is 0 Å². The van der Waals surface area contributed by atoms with Crippen molar-refractivity contribution in [2.24, 2.45) is 0 Å². The second-order valence-electron chi connectivity index (χ2n) is 3.73. The van der Waals surface area contributed by atoms with Crippen molar-refractivity contribution in [1.29, 1.82) is 0 Å². The van der Waals surface area contributed by atoms with Crippen LogP contribution in [0.1, 0.15) is 11.6 Å². The fraction of sp³-hybridized carbons (Fsp3) is 0.300. The maximum absolute atomic E-state index is 13.4. The number of amides is 1. The lowest BCUT2D eigenvalue weighted by Gasteiger charge is -2.40. The highest BCUT2D eigenvalue weighted by Gasteiger charge is 2.40. The second kappa shape index (κ2) is 3.26. The molecule has 1 fully saturated rings. The molecule has 0 aromatic carbocycles. The van der Waals surface area contributed by atoms with Crippen molar-refractivity contribution in [3.8, 4) is 0 Å². The molecule has 1 aliphatic heterocycles. The number of hydrogen-bond donors (Lipinski definition) is 0. The number of pyridine rings is 1. The fourth-order valence-electron chi connectivity index (χ4n) is 1.95. The van der Waals surface area contributed by atoms with Gasteiger partial charge >= 0.3 is 6.41 Å². The number of hydrogen-bond acceptors (Lipinski definition) is 3. The minimum Gasteiger partial charge on any atom is -0.321 e. The normalized spacial score (nSPS) is 24.4. The van der Waals surface area contributed by atoms with E-state index in [-0.39, 0.29) is 6.54 Å². The first-order valence-corrected chi connectivity index (χ1v) is 4.87. The Morgan fingerprint density at radius 3 is 3.12 bits per heavy atom. The van der Waals surface area contributed by atoms with Gasteiger partial charge in [-0.05, 0) is 11.6 Å². The molecule has 0 N–H and O–H groups in total. The first-order valence-electron chi connectivity index (χ1n) is 4.87. The molecule has 2 aromatic heterocycles. The lowest BCUT2D eigenvalue weighted by molar-refractivity contribution is 0.0458. The summed E-state index contributed by atoms with van der Waals surface area (Å²) in [5.41, 5.74) is 1.40. The van der Waals surface area contributed by atoms with E-state index in [0.717, 1.165) is 0 Å². The Morgan fingerprint density at radius 2 is 2.38 bits per heavy atom. The van der Waals surface area contributed by atoms with Gasteiger partial charge < -0.3 is 4.90 Å². The first-order chi connectivity index (χ1) is 7.79. The maximum atomic E-state index is 13.4. The number of likely N-dealkylation sites (tertiary alicyclic amines) is 1. The van der Waals surface area contributed by atoms with Crippen LogP contribution in [0, 0.1) is 0 Å². The number of fused-ring (bicyclic) bond motifs is 1. The Kier molecular flexibility index (Phi) is 1.89. The standard InChI is InChI=1S/C10H8FN4O/c11-8-4-14(6-16)10(8)7-1-2-9-12-5-13-15(9)3-7/h1-3,5,8,10H,4H2. The van der Waals surface area contributed by atoms with E-state index in [1.165, 1.54) is 11.2 Å². The van der Waals surface area contributed by atoms with Crippen LogP contribution >= 0.6 is 0 Å². The van der Waals surface area contributed by atoms with Crippen molar-refractivity contribution in [2.45, 2.75) is 12.2 Å². The van der Waals surface area contributed by atoms with Crippen LogP contribution in [0.4, 0.5) is 4.39 Å². The van der Waals surface area contributed by atoms with Crippen LogP contribution < -0.4 is 0 Å². The Bertz CT molecular complexity index is 540. The molecule has 3 rings (SSSR count). The molecule has 2 atom stereocenters. The summed E-state index contributed by atoms with van der Waals surface area (Å²) in [6, 6.07) is 2.97. The molecule has 0 spiro atoms. The number of nitrogens with zero attached hydrogens (tertiary/aromatic N) is 4. The van der Waals surface area contributed by atoms with E-state index in [9.17, 15) is 9.18 Å². The zero-order chi connectivity index (χ0) is 11.1. The molecule has 2 unspecified atom stereocenters. The highest BCUT2D eigenvalue weighted by atomic mass is 19.1. The summed E-state index contributed by atoms with van der Waals surface area (Å²) in [6.07, 6.45) is 3.81. The van der Waals surface area contributed by atoms with Crippen LogP contribution in [-0.4, -0.2) is 38.6 Å². The minimum atomic E-state index is -1.03. The third-order valence-electron chi connectivity index (χ3n) is 2.81. The first kappa shape index (κ1) is 9.26. The molecular formula is C10H8FN4O. The number of halogens is 1. The van der Waals surface area contributed by atoms with E-state index in [1.807, 2.05) is 0 Å². The zero-order valence-electron chi connectivity index (χ0n) is 8.25. The Morgan fingerprint density at radius 1 is 1.50 bits per heavy atom. The van der Waals surface area contributed by atoms with Crippen LogP contribution in [0.2, 0.25) is 0 Å². The van der Waals surface area contributed by atoms with Crippen LogP contribution in [0.5, 0.6) is 0 Å². The molecule has 0 saturated carbocycles. The predicted octanol–water partition coefficient (Wildman–Crippen LogP) is 0.491. The molecule has 3 heterocycles. The summed E-state index contributed by atoms with van der Waals surface area (Å²) in [6.45, 7) is 0.115. The monoisotopic (exact) mass is 219 g/mol. The highest BCUT2D eigenvalue weighted by molar-refractivity contribution is 5.53. The molecule has 6 heteroatoms. The van der Waals surface area contributed by atoms with Gasteiger partial charge in [-0.15, -0.1) is 0 Å². The van der Waals surface area contributed by atoms with Gasteiger partial charge in [0.15, 0.2) is 5.65 Å². The van der Waals surface area contributed by atoms with Gasteiger partial charge in [0.05, 0.1) is 12.6 Å². The second-order valence-corrected chi connectivity index (χ2v) is 3.73. The molecule has 2 aromatic rings. The van der Waals surface area contributed by atoms with E-state index in [1.54, 1.807) is 29.3 Å². The van der Waals surface area contributed by atoms with Gasteiger partial charge in [0.2, 0.25) is 0 Å². The molecule has 16 heavy (non-hydrogen) atoms. The van der Waals surface area contributed by atoms with Crippen LogP contribution in [0.25, 0.3) is 5.65 Å². The highest BCUT2D eigenvalue weighted by Crippen LogP contribution is 2.34. The van der Waals surface area contributed by atoms with Gasteiger partial charge in [0.1, 0.15) is 12.5 Å². The average Bonchev–Trinajstić information content (AvgIpc) is 2.72. The fourth-order valence-corrected chi connectivity index (χ4v) is 1.95. The molecule has 0 bridgehead atoms.